The van der Waals surface area contributed by atoms with E-state index in [1.54, 1.807) is 16.8 Å². The highest BCUT2D eigenvalue weighted by Crippen LogP contribution is 2.28. The van der Waals surface area contributed by atoms with Gasteiger partial charge in [0.05, 0.1) is 0 Å². The van der Waals surface area contributed by atoms with E-state index in [1.807, 2.05) is 12.1 Å². The number of benzene rings is 1. The third-order valence-corrected chi connectivity index (χ3v) is 3.27. The molecular formula is C12H13N5O2. The van der Waals surface area contributed by atoms with Gasteiger partial charge in [0, 0.05) is 29.1 Å². The number of hydrogen-bond acceptors (Lipinski definition) is 5. The lowest BCUT2D eigenvalue weighted by Crippen LogP contribution is -2.22. The Morgan fingerprint density at radius 2 is 2.11 bits per heavy atom. The number of rotatable bonds is 2. The van der Waals surface area contributed by atoms with E-state index in [4.69, 9.17) is 5.73 Å². The van der Waals surface area contributed by atoms with Crippen LogP contribution >= 0.6 is 0 Å². The predicted molar refractivity (Wildman–Crippen MR) is 68.8 cm³/mol. The molecule has 2 heterocycles. The number of nitro groups is 1. The number of nitrogens with zero attached hydrogens (tertiary/aromatic N) is 4. The summed E-state index contributed by atoms with van der Waals surface area (Å²) >= 11 is 0. The maximum atomic E-state index is 11.0. The molecule has 19 heavy (non-hydrogen) atoms. The number of anilines is 1. The average molecular weight is 259 g/mol. The molecule has 1 aromatic carbocycles. The van der Waals surface area contributed by atoms with E-state index in [0.717, 1.165) is 12.0 Å². The molecule has 0 radical (unpaired) electrons. The molecular weight excluding hydrogens is 246 g/mol. The molecule has 1 atom stereocenters. The highest BCUT2D eigenvalue weighted by atomic mass is 16.6. The first-order valence-electron chi connectivity index (χ1n) is 6.09. The molecule has 2 aromatic rings. The monoisotopic (exact) mass is 259 g/mol. The van der Waals surface area contributed by atoms with E-state index in [-0.39, 0.29) is 4.92 Å². The summed E-state index contributed by atoms with van der Waals surface area (Å²) in [5.41, 5.74) is 7.11. The van der Waals surface area contributed by atoms with Gasteiger partial charge in [0.1, 0.15) is 0 Å². The Balaban J connectivity index is 2.02. The zero-order chi connectivity index (χ0) is 13.4. The molecule has 0 aliphatic carbocycles. The van der Waals surface area contributed by atoms with Crippen molar-refractivity contribution >= 4 is 5.69 Å². The Kier molecular flexibility index (Phi) is 2.66. The summed E-state index contributed by atoms with van der Waals surface area (Å²) < 4.78 is 1.64. The minimum Gasteiger partial charge on any atom is -0.399 e. The van der Waals surface area contributed by atoms with Gasteiger partial charge in [0.25, 0.3) is 6.04 Å². The van der Waals surface area contributed by atoms with Crippen molar-refractivity contribution in [2.24, 2.45) is 0 Å². The number of hydrogen-bond donors (Lipinski definition) is 1. The first-order chi connectivity index (χ1) is 9.15. The van der Waals surface area contributed by atoms with Crippen LogP contribution in [0.4, 0.5) is 5.69 Å². The van der Waals surface area contributed by atoms with Gasteiger partial charge in [-0.25, -0.2) is 9.67 Å². The highest BCUT2D eigenvalue weighted by Gasteiger charge is 2.33. The van der Waals surface area contributed by atoms with Crippen LogP contribution in [0.25, 0.3) is 11.4 Å². The van der Waals surface area contributed by atoms with Crippen molar-refractivity contribution in [2.45, 2.75) is 25.4 Å². The Labute approximate surface area is 109 Å². The zero-order valence-corrected chi connectivity index (χ0v) is 10.2. The third-order valence-electron chi connectivity index (χ3n) is 3.27. The molecule has 1 unspecified atom stereocenters. The summed E-state index contributed by atoms with van der Waals surface area (Å²) in [7, 11) is 0. The van der Waals surface area contributed by atoms with Crippen LogP contribution in [0.5, 0.6) is 0 Å². The number of aryl methyl sites for hydroxylation is 1. The lowest BCUT2D eigenvalue weighted by molar-refractivity contribution is -0.533. The number of fused-ring (bicyclic) bond motifs is 1. The summed E-state index contributed by atoms with van der Waals surface area (Å²) in [5.74, 6) is 0.965. The SMILES string of the molecule is Nc1ccc(-c2nc3n(n2)CCCC3[N+](=O)[O-])cc1. The molecule has 0 saturated heterocycles. The summed E-state index contributed by atoms with van der Waals surface area (Å²) in [6.45, 7) is 0.682. The predicted octanol–water partition coefficient (Wildman–Crippen LogP) is 1.64. The van der Waals surface area contributed by atoms with E-state index in [9.17, 15) is 10.1 Å². The molecule has 7 nitrogen and oxygen atoms in total. The minimum atomic E-state index is -0.746. The van der Waals surface area contributed by atoms with Crippen molar-refractivity contribution < 1.29 is 4.92 Å². The topological polar surface area (TPSA) is 99.9 Å². The maximum Gasteiger partial charge on any atom is 0.271 e. The molecule has 1 aliphatic rings. The second-order valence-corrected chi connectivity index (χ2v) is 4.58. The minimum absolute atomic E-state index is 0.285. The van der Waals surface area contributed by atoms with Crippen molar-refractivity contribution in [2.75, 3.05) is 5.73 Å². The molecule has 7 heteroatoms. The molecule has 3 rings (SSSR count). The summed E-state index contributed by atoms with van der Waals surface area (Å²) in [5, 5.41) is 15.4. The average Bonchev–Trinajstić information content (AvgIpc) is 2.82. The van der Waals surface area contributed by atoms with Crippen LogP contribution < -0.4 is 5.73 Å². The van der Waals surface area contributed by atoms with Gasteiger partial charge in [0.2, 0.25) is 5.82 Å². The number of nitrogen functional groups attached to an aromatic ring is 1. The van der Waals surface area contributed by atoms with E-state index < -0.39 is 6.04 Å². The lowest BCUT2D eigenvalue weighted by atomic mass is 10.1. The Hall–Kier alpha value is -2.44. The highest BCUT2D eigenvalue weighted by molar-refractivity contribution is 5.58. The molecule has 0 spiro atoms. The van der Waals surface area contributed by atoms with Crippen molar-refractivity contribution in [1.82, 2.24) is 14.8 Å². The first-order valence-corrected chi connectivity index (χ1v) is 6.09. The van der Waals surface area contributed by atoms with Crippen molar-refractivity contribution in [1.29, 1.82) is 0 Å². The molecule has 0 fully saturated rings. The smallest absolute Gasteiger partial charge is 0.271 e. The van der Waals surface area contributed by atoms with Crippen LogP contribution in [0.1, 0.15) is 24.7 Å². The van der Waals surface area contributed by atoms with Gasteiger partial charge in [-0.05, 0) is 30.7 Å². The van der Waals surface area contributed by atoms with Crippen LogP contribution in [-0.4, -0.2) is 19.7 Å². The molecule has 98 valence electrons. The molecule has 2 N–H and O–H groups in total. The van der Waals surface area contributed by atoms with Crippen LogP contribution in [-0.2, 0) is 6.54 Å². The van der Waals surface area contributed by atoms with Gasteiger partial charge >= 0.3 is 0 Å². The van der Waals surface area contributed by atoms with Gasteiger partial charge in [-0.2, -0.15) is 5.10 Å². The van der Waals surface area contributed by atoms with E-state index in [0.29, 0.717) is 30.3 Å². The Bertz CT molecular complexity index is 620. The van der Waals surface area contributed by atoms with Crippen molar-refractivity contribution in [3.05, 3.63) is 40.2 Å². The largest absolute Gasteiger partial charge is 0.399 e. The van der Waals surface area contributed by atoms with Crippen molar-refractivity contribution in [3.63, 3.8) is 0 Å². The standard InChI is InChI=1S/C12H13N5O2/c13-9-5-3-8(4-6-9)11-14-12-10(17(18)19)2-1-7-16(12)15-11/h3-6,10H,1-2,7,13H2. The molecule has 0 amide bonds. The van der Waals surface area contributed by atoms with Gasteiger partial charge in [0.15, 0.2) is 5.82 Å². The van der Waals surface area contributed by atoms with Gasteiger partial charge in [-0.1, -0.05) is 0 Å². The Morgan fingerprint density at radius 1 is 1.37 bits per heavy atom. The molecule has 1 aromatic heterocycles. The second kappa shape index (κ2) is 4.34. The number of aromatic nitrogens is 3. The summed E-state index contributed by atoms with van der Waals surface area (Å²) in [6, 6.07) is 6.42. The lowest BCUT2D eigenvalue weighted by Gasteiger charge is -2.15. The second-order valence-electron chi connectivity index (χ2n) is 4.58. The normalized spacial score (nSPS) is 18.0. The van der Waals surface area contributed by atoms with E-state index >= 15 is 0 Å². The maximum absolute atomic E-state index is 11.0. The van der Waals surface area contributed by atoms with E-state index in [2.05, 4.69) is 10.1 Å². The van der Waals surface area contributed by atoms with Gasteiger partial charge < -0.3 is 5.73 Å². The van der Waals surface area contributed by atoms with Crippen LogP contribution in [0.3, 0.4) is 0 Å². The molecule has 0 saturated carbocycles. The fourth-order valence-corrected chi connectivity index (χ4v) is 2.28. The Morgan fingerprint density at radius 3 is 2.79 bits per heavy atom. The van der Waals surface area contributed by atoms with E-state index in [1.165, 1.54) is 0 Å². The zero-order valence-electron chi connectivity index (χ0n) is 10.2. The molecule has 0 bridgehead atoms. The fourth-order valence-electron chi connectivity index (χ4n) is 2.28. The van der Waals surface area contributed by atoms with Gasteiger partial charge in [-0.3, -0.25) is 10.1 Å². The van der Waals surface area contributed by atoms with Crippen LogP contribution in [0, 0.1) is 10.1 Å². The fraction of sp³-hybridized carbons (Fsp3) is 0.333. The third kappa shape index (κ3) is 2.03. The summed E-state index contributed by atoms with van der Waals surface area (Å²) in [6.07, 6.45) is 1.27. The van der Waals surface area contributed by atoms with Gasteiger partial charge in [-0.15, -0.1) is 0 Å². The van der Waals surface area contributed by atoms with Crippen LogP contribution in [0.2, 0.25) is 0 Å². The first kappa shape index (κ1) is 11.6. The van der Waals surface area contributed by atoms with Crippen molar-refractivity contribution in [3.8, 4) is 11.4 Å². The van der Waals surface area contributed by atoms with Crippen LogP contribution in [0.15, 0.2) is 24.3 Å². The summed E-state index contributed by atoms with van der Waals surface area (Å²) in [4.78, 5) is 15.1. The quantitative estimate of drug-likeness (QED) is 0.502. The molecule has 1 aliphatic heterocycles. The number of nitrogens with two attached hydrogens (primary N) is 1.